The van der Waals surface area contributed by atoms with Crippen LogP contribution in [0.25, 0.3) is 0 Å². The molecule has 0 unspecified atom stereocenters. The number of ether oxygens (including phenoxy) is 1. The monoisotopic (exact) mass is 251 g/mol. The Bertz CT molecular complexity index is 356. The molecule has 1 aromatic heterocycles. The van der Waals surface area contributed by atoms with Crippen LogP contribution in [0.4, 0.5) is 4.79 Å². The fourth-order valence-corrected chi connectivity index (χ4v) is 2.27. The molecule has 0 saturated carbocycles. The summed E-state index contributed by atoms with van der Waals surface area (Å²) in [5.74, 6) is 0.517. The zero-order valence-electron chi connectivity index (χ0n) is 10.9. The smallest absolute Gasteiger partial charge is 0.409 e. The lowest BCUT2D eigenvalue weighted by molar-refractivity contribution is 0.0916. The highest BCUT2D eigenvalue weighted by Crippen LogP contribution is 2.27. The maximum atomic E-state index is 11.8. The summed E-state index contributed by atoms with van der Waals surface area (Å²) in [5, 5.41) is 6.81. The van der Waals surface area contributed by atoms with Crippen LogP contribution in [0, 0.1) is 0 Å². The van der Waals surface area contributed by atoms with E-state index in [1.807, 2.05) is 17.3 Å². The van der Waals surface area contributed by atoms with E-state index >= 15 is 0 Å². The van der Waals surface area contributed by atoms with E-state index in [2.05, 4.69) is 17.1 Å². The van der Waals surface area contributed by atoms with Gasteiger partial charge in [-0.2, -0.15) is 5.10 Å². The molecule has 0 atom stereocenters. The second kappa shape index (κ2) is 6.42. The van der Waals surface area contributed by atoms with Gasteiger partial charge in [0, 0.05) is 19.3 Å². The van der Waals surface area contributed by atoms with Crippen LogP contribution < -0.4 is 0 Å². The number of nitrogens with one attached hydrogen (secondary N) is 1. The summed E-state index contributed by atoms with van der Waals surface area (Å²) in [5.41, 5.74) is 1.24. The predicted octanol–water partition coefficient (Wildman–Crippen LogP) is 2.53. The van der Waals surface area contributed by atoms with Crippen molar-refractivity contribution < 1.29 is 9.53 Å². The number of piperidine rings is 1. The average Bonchev–Trinajstić information content (AvgIpc) is 2.93. The summed E-state index contributed by atoms with van der Waals surface area (Å²) < 4.78 is 5.22. The van der Waals surface area contributed by atoms with Gasteiger partial charge in [0.25, 0.3) is 0 Å². The van der Waals surface area contributed by atoms with Crippen LogP contribution in [-0.4, -0.2) is 40.9 Å². The van der Waals surface area contributed by atoms with Crippen molar-refractivity contribution in [2.24, 2.45) is 0 Å². The zero-order valence-corrected chi connectivity index (χ0v) is 10.9. The number of carbonyl (C=O) groups is 1. The van der Waals surface area contributed by atoms with Gasteiger partial charge in [-0.05, 0) is 30.7 Å². The standard InChI is InChI=1S/C13H21N3O2/c1-2-3-8-18-13(17)16-6-4-11(5-7-16)12-9-14-15-10-12/h9-11H,2-8H2,1H3,(H,14,15). The van der Waals surface area contributed by atoms with E-state index in [1.54, 1.807) is 0 Å². The van der Waals surface area contributed by atoms with E-state index in [1.165, 1.54) is 5.56 Å². The van der Waals surface area contributed by atoms with E-state index in [0.29, 0.717) is 12.5 Å². The largest absolute Gasteiger partial charge is 0.449 e. The van der Waals surface area contributed by atoms with E-state index in [9.17, 15) is 4.79 Å². The third-order valence-electron chi connectivity index (χ3n) is 3.47. The molecule has 5 heteroatoms. The van der Waals surface area contributed by atoms with Gasteiger partial charge < -0.3 is 9.64 Å². The molecule has 1 aromatic rings. The molecule has 2 rings (SSSR count). The number of aromatic amines is 1. The van der Waals surface area contributed by atoms with E-state index < -0.39 is 0 Å². The molecule has 0 spiro atoms. The second-order valence-electron chi connectivity index (χ2n) is 4.76. The molecular formula is C13H21N3O2. The van der Waals surface area contributed by atoms with Gasteiger partial charge in [-0.3, -0.25) is 5.10 Å². The topological polar surface area (TPSA) is 58.2 Å². The number of amides is 1. The summed E-state index contributed by atoms with van der Waals surface area (Å²) in [6, 6.07) is 0. The zero-order chi connectivity index (χ0) is 12.8. The Kier molecular flexibility index (Phi) is 4.61. The molecule has 1 N–H and O–H groups in total. The first kappa shape index (κ1) is 12.9. The Labute approximate surface area is 108 Å². The Hall–Kier alpha value is -1.52. The first-order valence-corrected chi connectivity index (χ1v) is 6.71. The van der Waals surface area contributed by atoms with E-state index in [4.69, 9.17) is 4.74 Å². The minimum Gasteiger partial charge on any atom is -0.449 e. The fraction of sp³-hybridized carbons (Fsp3) is 0.692. The molecule has 0 radical (unpaired) electrons. The summed E-state index contributed by atoms with van der Waals surface area (Å²) in [6.07, 6.45) is 7.63. The lowest BCUT2D eigenvalue weighted by Crippen LogP contribution is -2.38. The van der Waals surface area contributed by atoms with Crippen LogP contribution in [0.1, 0.15) is 44.1 Å². The highest BCUT2D eigenvalue weighted by Gasteiger charge is 2.24. The van der Waals surface area contributed by atoms with E-state index in [0.717, 1.165) is 38.8 Å². The van der Waals surface area contributed by atoms with Crippen molar-refractivity contribution in [2.45, 2.75) is 38.5 Å². The summed E-state index contributed by atoms with van der Waals surface area (Å²) >= 11 is 0. The van der Waals surface area contributed by atoms with Gasteiger partial charge in [-0.15, -0.1) is 0 Å². The molecule has 1 amide bonds. The van der Waals surface area contributed by atoms with Crippen molar-refractivity contribution in [2.75, 3.05) is 19.7 Å². The quantitative estimate of drug-likeness (QED) is 0.836. The van der Waals surface area contributed by atoms with Crippen molar-refractivity contribution >= 4 is 6.09 Å². The predicted molar refractivity (Wildman–Crippen MR) is 68.4 cm³/mol. The molecule has 100 valence electrons. The van der Waals surface area contributed by atoms with Crippen LogP contribution >= 0.6 is 0 Å². The molecule has 0 aromatic carbocycles. The third kappa shape index (κ3) is 3.24. The lowest BCUT2D eigenvalue weighted by atomic mass is 9.92. The molecule has 1 aliphatic rings. The van der Waals surface area contributed by atoms with Crippen LogP contribution in [0.5, 0.6) is 0 Å². The number of carbonyl (C=O) groups excluding carboxylic acids is 1. The summed E-state index contributed by atoms with van der Waals surface area (Å²) in [4.78, 5) is 13.6. The van der Waals surface area contributed by atoms with Gasteiger partial charge in [-0.1, -0.05) is 13.3 Å². The van der Waals surface area contributed by atoms with Crippen LogP contribution in [0.3, 0.4) is 0 Å². The first-order chi connectivity index (χ1) is 8.81. The number of aromatic nitrogens is 2. The molecule has 5 nitrogen and oxygen atoms in total. The molecule has 0 aliphatic carbocycles. The van der Waals surface area contributed by atoms with Crippen molar-refractivity contribution in [3.8, 4) is 0 Å². The number of rotatable bonds is 4. The number of likely N-dealkylation sites (tertiary alicyclic amines) is 1. The molecule has 0 bridgehead atoms. The number of hydrogen-bond acceptors (Lipinski definition) is 3. The molecule has 1 saturated heterocycles. The van der Waals surface area contributed by atoms with Gasteiger partial charge in [0.2, 0.25) is 0 Å². The van der Waals surface area contributed by atoms with E-state index in [-0.39, 0.29) is 6.09 Å². The Morgan fingerprint density at radius 2 is 2.33 bits per heavy atom. The van der Waals surface area contributed by atoms with Gasteiger partial charge in [-0.25, -0.2) is 4.79 Å². The highest BCUT2D eigenvalue weighted by molar-refractivity contribution is 5.67. The van der Waals surface area contributed by atoms with Gasteiger partial charge in [0.05, 0.1) is 12.8 Å². The molecule has 18 heavy (non-hydrogen) atoms. The van der Waals surface area contributed by atoms with Gasteiger partial charge >= 0.3 is 6.09 Å². The summed E-state index contributed by atoms with van der Waals surface area (Å²) in [7, 11) is 0. The Balaban J connectivity index is 1.74. The molecule has 1 fully saturated rings. The van der Waals surface area contributed by atoms with Crippen molar-refractivity contribution in [3.05, 3.63) is 18.0 Å². The van der Waals surface area contributed by atoms with Crippen LogP contribution in [-0.2, 0) is 4.74 Å². The third-order valence-corrected chi connectivity index (χ3v) is 3.47. The molecule has 2 heterocycles. The Morgan fingerprint density at radius 3 is 2.94 bits per heavy atom. The Morgan fingerprint density at radius 1 is 1.56 bits per heavy atom. The first-order valence-electron chi connectivity index (χ1n) is 6.71. The van der Waals surface area contributed by atoms with Crippen molar-refractivity contribution in [1.82, 2.24) is 15.1 Å². The van der Waals surface area contributed by atoms with Crippen molar-refractivity contribution in [1.29, 1.82) is 0 Å². The van der Waals surface area contributed by atoms with Crippen LogP contribution in [0.15, 0.2) is 12.4 Å². The molecule has 1 aliphatic heterocycles. The van der Waals surface area contributed by atoms with Crippen LogP contribution in [0.2, 0.25) is 0 Å². The number of H-pyrrole nitrogens is 1. The lowest BCUT2D eigenvalue weighted by Gasteiger charge is -2.30. The summed E-state index contributed by atoms with van der Waals surface area (Å²) in [6.45, 7) is 4.18. The van der Waals surface area contributed by atoms with Gasteiger partial charge in [0.1, 0.15) is 0 Å². The van der Waals surface area contributed by atoms with Crippen molar-refractivity contribution in [3.63, 3.8) is 0 Å². The molecular weight excluding hydrogens is 230 g/mol. The highest BCUT2D eigenvalue weighted by atomic mass is 16.6. The SMILES string of the molecule is CCCCOC(=O)N1CCC(c2cn[nH]c2)CC1. The maximum absolute atomic E-state index is 11.8. The second-order valence-corrected chi connectivity index (χ2v) is 4.76. The maximum Gasteiger partial charge on any atom is 0.409 e. The minimum atomic E-state index is -0.158. The van der Waals surface area contributed by atoms with Gasteiger partial charge in [0.15, 0.2) is 0 Å². The average molecular weight is 251 g/mol. The minimum absolute atomic E-state index is 0.158. The number of nitrogens with zero attached hydrogens (tertiary/aromatic N) is 2. The fourth-order valence-electron chi connectivity index (χ4n) is 2.27. The number of hydrogen-bond donors (Lipinski definition) is 1. The normalized spacial score (nSPS) is 16.8. The number of unbranched alkanes of at least 4 members (excludes halogenated alkanes) is 1.